The summed E-state index contributed by atoms with van der Waals surface area (Å²) in [6, 6.07) is 8.04. The maximum atomic E-state index is 13.2. The van der Waals surface area contributed by atoms with Gasteiger partial charge in [0.15, 0.2) is 0 Å². The number of hydrogen-bond donors (Lipinski definition) is 1. The fraction of sp³-hybridized carbons (Fsp3) is 0.400. The minimum Gasteiger partial charge on any atom is -0.331 e. The number of nitrogens with zero attached hydrogens (tertiary/aromatic N) is 1. The molecule has 0 radical (unpaired) electrons. The standard InChI is InChI=1S/C20H22N2O2S/c1-2-17-15-9-11-25-18(15)8-10-22(17)20(24)14-6-7-16-13(12-14)4-3-5-19(23)21-16/h6-7,9,11-12,17H,2-5,8,10H2,1H3,(H,21,23)/t17-/m1/s1. The van der Waals surface area contributed by atoms with E-state index in [1.54, 1.807) is 11.3 Å². The summed E-state index contributed by atoms with van der Waals surface area (Å²) >= 11 is 1.80. The summed E-state index contributed by atoms with van der Waals surface area (Å²) in [6.07, 6.45) is 4.08. The van der Waals surface area contributed by atoms with E-state index >= 15 is 0 Å². The van der Waals surface area contributed by atoms with Gasteiger partial charge in [-0.25, -0.2) is 0 Å². The highest BCUT2D eigenvalue weighted by molar-refractivity contribution is 7.10. The van der Waals surface area contributed by atoms with Crippen LogP contribution in [0.3, 0.4) is 0 Å². The minimum absolute atomic E-state index is 0.0601. The fourth-order valence-corrected chi connectivity index (χ4v) is 4.88. The van der Waals surface area contributed by atoms with Gasteiger partial charge in [-0.1, -0.05) is 6.92 Å². The Morgan fingerprint density at radius 2 is 2.16 bits per heavy atom. The molecule has 1 aromatic carbocycles. The zero-order chi connectivity index (χ0) is 17.4. The van der Waals surface area contributed by atoms with Crippen LogP contribution in [0.25, 0.3) is 0 Å². The molecular weight excluding hydrogens is 332 g/mol. The Bertz CT molecular complexity index is 827. The number of rotatable bonds is 2. The molecule has 2 aliphatic rings. The van der Waals surface area contributed by atoms with Crippen LogP contribution in [0.2, 0.25) is 0 Å². The molecule has 0 unspecified atom stereocenters. The first-order valence-electron chi connectivity index (χ1n) is 8.97. The highest BCUT2D eigenvalue weighted by Gasteiger charge is 2.31. The molecule has 2 aromatic rings. The van der Waals surface area contributed by atoms with Crippen LogP contribution < -0.4 is 5.32 Å². The van der Waals surface area contributed by atoms with Crippen LogP contribution in [0.1, 0.15) is 58.6 Å². The van der Waals surface area contributed by atoms with Gasteiger partial charge in [-0.15, -0.1) is 11.3 Å². The molecule has 130 valence electrons. The van der Waals surface area contributed by atoms with Gasteiger partial charge < -0.3 is 10.2 Å². The van der Waals surface area contributed by atoms with Crippen molar-refractivity contribution < 1.29 is 9.59 Å². The molecule has 0 spiro atoms. The van der Waals surface area contributed by atoms with E-state index in [0.717, 1.165) is 49.0 Å². The largest absolute Gasteiger partial charge is 0.331 e. The van der Waals surface area contributed by atoms with Crippen LogP contribution >= 0.6 is 11.3 Å². The molecule has 0 fully saturated rings. The maximum absolute atomic E-state index is 13.2. The molecule has 25 heavy (non-hydrogen) atoms. The summed E-state index contributed by atoms with van der Waals surface area (Å²) in [5.41, 5.74) is 3.96. The third-order valence-electron chi connectivity index (χ3n) is 5.22. The van der Waals surface area contributed by atoms with Crippen molar-refractivity contribution >= 4 is 28.8 Å². The number of carbonyl (C=O) groups excluding carboxylic acids is 2. The van der Waals surface area contributed by atoms with Crippen LogP contribution in [0.5, 0.6) is 0 Å². The van der Waals surface area contributed by atoms with Crippen LogP contribution in [0.4, 0.5) is 5.69 Å². The summed E-state index contributed by atoms with van der Waals surface area (Å²) in [4.78, 5) is 28.3. The molecule has 1 aromatic heterocycles. The molecule has 0 saturated carbocycles. The molecule has 2 aliphatic heterocycles. The van der Waals surface area contributed by atoms with Crippen molar-refractivity contribution in [3.8, 4) is 0 Å². The zero-order valence-electron chi connectivity index (χ0n) is 14.4. The summed E-state index contributed by atoms with van der Waals surface area (Å²) in [5.74, 6) is 0.159. The topological polar surface area (TPSA) is 49.4 Å². The normalized spacial score (nSPS) is 19.6. The third kappa shape index (κ3) is 2.97. The number of hydrogen-bond acceptors (Lipinski definition) is 3. The number of carbonyl (C=O) groups is 2. The van der Waals surface area contributed by atoms with E-state index in [1.165, 1.54) is 10.4 Å². The van der Waals surface area contributed by atoms with E-state index < -0.39 is 0 Å². The Morgan fingerprint density at radius 1 is 1.28 bits per heavy atom. The number of aryl methyl sites for hydroxylation is 1. The lowest BCUT2D eigenvalue weighted by Gasteiger charge is -2.35. The number of fused-ring (bicyclic) bond motifs is 2. The van der Waals surface area contributed by atoms with E-state index in [9.17, 15) is 9.59 Å². The van der Waals surface area contributed by atoms with E-state index in [1.807, 2.05) is 23.1 Å². The SMILES string of the molecule is CC[C@@H]1c2ccsc2CCN1C(=O)c1ccc2c(c1)CCCC(=O)N2. The predicted octanol–water partition coefficient (Wildman–Crippen LogP) is 4.17. The summed E-state index contributed by atoms with van der Waals surface area (Å²) in [5, 5.41) is 5.07. The zero-order valence-corrected chi connectivity index (χ0v) is 15.2. The van der Waals surface area contributed by atoms with Gasteiger partial charge in [0, 0.05) is 29.1 Å². The Kier molecular flexibility index (Phi) is 4.34. The van der Waals surface area contributed by atoms with Gasteiger partial charge in [0.1, 0.15) is 0 Å². The Labute approximate surface area is 151 Å². The maximum Gasteiger partial charge on any atom is 0.254 e. The van der Waals surface area contributed by atoms with Crippen molar-refractivity contribution in [3.05, 3.63) is 51.2 Å². The Balaban J connectivity index is 1.63. The molecule has 1 N–H and O–H groups in total. The average molecular weight is 354 g/mol. The summed E-state index contributed by atoms with van der Waals surface area (Å²) < 4.78 is 0. The van der Waals surface area contributed by atoms with Gasteiger partial charge in [-0.05, 0) is 66.5 Å². The molecule has 0 aliphatic carbocycles. The number of benzene rings is 1. The molecule has 0 bridgehead atoms. The lowest BCUT2D eigenvalue weighted by molar-refractivity contribution is -0.116. The Morgan fingerprint density at radius 3 is 3.00 bits per heavy atom. The van der Waals surface area contributed by atoms with Gasteiger partial charge in [0.25, 0.3) is 5.91 Å². The lowest BCUT2D eigenvalue weighted by atomic mass is 9.96. The van der Waals surface area contributed by atoms with E-state index in [2.05, 4.69) is 23.7 Å². The second-order valence-corrected chi connectivity index (χ2v) is 7.75. The van der Waals surface area contributed by atoms with E-state index in [4.69, 9.17) is 0 Å². The van der Waals surface area contributed by atoms with E-state index in [0.29, 0.717) is 6.42 Å². The molecular formula is C20H22N2O2S. The average Bonchev–Trinajstić information content (AvgIpc) is 3.02. The van der Waals surface area contributed by atoms with Crippen LogP contribution in [0, 0.1) is 0 Å². The van der Waals surface area contributed by atoms with E-state index in [-0.39, 0.29) is 17.9 Å². The lowest BCUT2D eigenvalue weighted by Crippen LogP contribution is -2.39. The predicted molar refractivity (Wildman–Crippen MR) is 100 cm³/mol. The highest BCUT2D eigenvalue weighted by atomic mass is 32.1. The number of thiophene rings is 1. The molecule has 1 atom stereocenters. The second kappa shape index (κ2) is 6.64. The summed E-state index contributed by atoms with van der Waals surface area (Å²) in [7, 11) is 0. The Hall–Kier alpha value is -2.14. The van der Waals surface area contributed by atoms with Crippen molar-refractivity contribution in [1.82, 2.24) is 4.90 Å². The van der Waals surface area contributed by atoms with Crippen LogP contribution in [-0.2, 0) is 17.6 Å². The first kappa shape index (κ1) is 16.3. The molecule has 3 heterocycles. The smallest absolute Gasteiger partial charge is 0.254 e. The molecule has 0 saturated heterocycles. The molecule has 4 rings (SSSR count). The second-order valence-electron chi connectivity index (χ2n) is 6.75. The van der Waals surface area contributed by atoms with Gasteiger partial charge in [0.2, 0.25) is 5.91 Å². The van der Waals surface area contributed by atoms with Crippen molar-refractivity contribution in [2.45, 2.75) is 45.1 Å². The van der Waals surface area contributed by atoms with Crippen LogP contribution in [-0.4, -0.2) is 23.3 Å². The first-order valence-corrected chi connectivity index (χ1v) is 9.85. The number of anilines is 1. The number of nitrogens with one attached hydrogen (secondary N) is 1. The van der Waals surface area contributed by atoms with Crippen molar-refractivity contribution in [3.63, 3.8) is 0 Å². The van der Waals surface area contributed by atoms with Crippen molar-refractivity contribution in [1.29, 1.82) is 0 Å². The van der Waals surface area contributed by atoms with Gasteiger partial charge >= 0.3 is 0 Å². The minimum atomic E-state index is 0.0601. The van der Waals surface area contributed by atoms with Crippen molar-refractivity contribution in [2.75, 3.05) is 11.9 Å². The molecule has 5 heteroatoms. The van der Waals surface area contributed by atoms with Gasteiger partial charge in [0.05, 0.1) is 6.04 Å². The number of amides is 2. The first-order chi connectivity index (χ1) is 12.2. The van der Waals surface area contributed by atoms with Crippen molar-refractivity contribution in [2.24, 2.45) is 0 Å². The van der Waals surface area contributed by atoms with Gasteiger partial charge in [-0.2, -0.15) is 0 Å². The fourth-order valence-electron chi connectivity index (χ4n) is 3.95. The highest BCUT2D eigenvalue weighted by Crippen LogP contribution is 2.36. The molecule has 2 amide bonds. The van der Waals surface area contributed by atoms with Gasteiger partial charge in [-0.3, -0.25) is 9.59 Å². The molecule has 4 nitrogen and oxygen atoms in total. The third-order valence-corrected chi connectivity index (χ3v) is 6.22. The summed E-state index contributed by atoms with van der Waals surface area (Å²) in [6.45, 7) is 2.92. The van der Waals surface area contributed by atoms with Crippen LogP contribution in [0.15, 0.2) is 29.6 Å². The quantitative estimate of drug-likeness (QED) is 0.880. The monoisotopic (exact) mass is 354 g/mol.